The minimum Gasteiger partial charge on any atom is -0.380 e. The molecule has 0 unspecified atom stereocenters. The number of halogens is 4. The summed E-state index contributed by atoms with van der Waals surface area (Å²) < 4.78 is 36.9. The Morgan fingerprint density at radius 1 is 1.05 bits per heavy atom. The van der Waals surface area contributed by atoms with Crippen LogP contribution >= 0.6 is 23.4 Å². The molecule has 112 valence electrons. The predicted molar refractivity (Wildman–Crippen MR) is 82.0 cm³/mol. The van der Waals surface area contributed by atoms with E-state index in [0.717, 1.165) is 17.3 Å². The van der Waals surface area contributed by atoms with Crippen molar-refractivity contribution < 1.29 is 13.2 Å². The van der Waals surface area contributed by atoms with Crippen LogP contribution < -0.4 is 5.32 Å². The van der Waals surface area contributed by atoms with Gasteiger partial charge in [-0.15, -0.1) is 11.8 Å². The van der Waals surface area contributed by atoms with Crippen LogP contribution in [0, 0.1) is 0 Å². The summed E-state index contributed by atoms with van der Waals surface area (Å²) in [7, 11) is 0. The Bertz CT molecular complexity index is 601. The number of hydrogen-bond acceptors (Lipinski definition) is 2. The molecule has 0 amide bonds. The number of rotatable bonds is 5. The highest BCUT2D eigenvalue weighted by Gasteiger charge is 2.27. The zero-order chi connectivity index (χ0) is 15.3. The quantitative estimate of drug-likeness (QED) is 0.715. The second-order valence-electron chi connectivity index (χ2n) is 4.38. The highest BCUT2D eigenvalue weighted by atomic mass is 35.5. The molecule has 0 radical (unpaired) electrons. The first-order chi connectivity index (χ1) is 9.94. The number of hydrogen-bond donors (Lipinski definition) is 1. The third kappa shape index (κ3) is 5.52. The van der Waals surface area contributed by atoms with Crippen LogP contribution in [0.5, 0.6) is 0 Å². The minimum atomic E-state index is -4.18. The van der Waals surface area contributed by atoms with Crippen molar-refractivity contribution in [1.82, 2.24) is 0 Å². The molecule has 0 fully saturated rings. The standard InChI is InChI=1S/C15H13ClF3NS/c16-12-5-3-4-11(8-12)9-20-13-6-1-2-7-14(13)21-10-15(17,18)19/h1-8,20H,9-10H2. The maximum atomic E-state index is 12.3. The highest BCUT2D eigenvalue weighted by molar-refractivity contribution is 7.99. The summed E-state index contributed by atoms with van der Waals surface area (Å²) in [6, 6.07) is 14.3. The van der Waals surface area contributed by atoms with Crippen molar-refractivity contribution >= 4 is 29.1 Å². The molecule has 1 N–H and O–H groups in total. The lowest BCUT2D eigenvalue weighted by Crippen LogP contribution is -2.11. The number of alkyl halides is 3. The number of anilines is 1. The minimum absolute atomic E-state index is 0.504. The van der Waals surface area contributed by atoms with Crippen LogP contribution in [-0.4, -0.2) is 11.9 Å². The van der Waals surface area contributed by atoms with Gasteiger partial charge in [0.1, 0.15) is 0 Å². The topological polar surface area (TPSA) is 12.0 Å². The van der Waals surface area contributed by atoms with E-state index in [9.17, 15) is 13.2 Å². The molecule has 1 nitrogen and oxygen atoms in total. The van der Waals surface area contributed by atoms with Crippen LogP contribution in [0.1, 0.15) is 5.56 Å². The van der Waals surface area contributed by atoms with E-state index >= 15 is 0 Å². The van der Waals surface area contributed by atoms with Gasteiger partial charge >= 0.3 is 6.18 Å². The molecule has 0 aliphatic carbocycles. The van der Waals surface area contributed by atoms with Crippen molar-refractivity contribution in [2.75, 3.05) is 11.1 Å². The van der Waals surface area contributed by atoms with Crippen LogP contribution in [0.4, 0.5) is 18.9 Å². The molecule has 0 saturated carbocycles. The number of nitrogens with one attached hydrogen (secondary N) is 1. The van der Waals surface area contributed by atoms with Crippen LogP contribution in [0.2, 0.25) is 5.02 Å². The predicted octanol–water partition coefficient (Wildman–Crippen LogP) is 5.61. The molecular formula is C15H13ClF3NS. The van der Waals surface area contributed by atoms with Gasteiger partial charge in [-0.25, -0.2) is 0 Å². The lowest BCUT2D eigenvalue weighted by atomic mass is 10.2. The average Bonchev–Trinajstić information content (AvgIpc) is 2.43. The van der Waals surface area contributed by atoms with Crippen molar-refractivity contribution in [2.24, 2.45) is 0 Å². The van der Waals surface area contributed by atoms with Crippen LogP contribution in [-0.2, 0) is 6.54 Å². The third-order valence-electron chi connectivity index (χ3n) is 2.65. The van der Waals surface area contributed by atoms with Gasteiger partial charge in [0.2, 0.25) is 0 Å². The van der Waals surface area contributed by atoms with E-state index in [-0.39, 0.29) is 0 Å². The van der Waals surface area contributed by atoms with Crippen molar-refractivity contribution in [1.29, 1.82) is 0 Å². The highest BCUT2D eigenvalue weighted by Crippen LogP contribution is 2.32. The molecule has 21 heavy (non-hydrogen) atoms. The van der Waals surface area contributed by atoms with E-state index in [1.807, 2.05) is 18.2 Å². The summed E-state index contributed by atoms with van der Waals surface area (Å²) in [6.45, 7) is 0.504. The molecule has 6 heteroatoms. The Morgan fingerprint density at radius 3 is 2.52 bits per heavy atom. The van der Waals surface area contributed by atoms with E-state index in [2.05, 4.69) is 5.32 Å². The van der Waals surface area contributed by atoms with Crippen molar-refractivity contribution in [3.63, 3.8) is 0 Å². The van der Waals surface area contributed by atoms with Crippen molar-refractivity contribution in [3.8, 4) is 0 Å². The molecular weight excluding hydrogens is 319 g/mol. The summed E-state index contributed by atoms with van der Waals surface area (Å²) in [6.07, 6.45) is -4.18. The Hall–Kier alpha value is -1.33. The van der Waals surface area contributed by atoms with Crippen LogP contribution in [0.25, 0.3) is 0 Å². The van der Waals surface area contributed by atoms with Gasteiger partial charge in [0.25, 0.3) is 0 Å². The van der Waals surface area contributed by atoms with E-state index < -0.39 is 11.9 Å². The molecule has 0 atom stereocenters. The van der Waals surface area contributed by atoms with E-state index in [1.54, 1.807) is 30.3 Å². The fourth-order valence-electron chi connectivity index (χ4n) is 1.74. The van der Waals surface area contributed by atoms with Crippen LogP contribution in [0.3, 0.4) is 0 Å². The van der Waals surface area contributed by atoms with Gasteiger partial charge in [0.15, 0.2) is 0 Å². The first-order valence-corrected chi connectivity index (χ1v) is 7.57. The lowest BCUT2D eigenvalue weighted by molar-refractivity contribution is -0.105. The van der Waals surface area contributed by atoms with Gasteiger partial charge in [-0.05, 0) is 29.8 Å². The largest absolute Gasteiger partial charge is 0.398 e. The Morgan fingerprint density at radius 2 is 1.81 bits per heavy atom. The van der Waals surface area contributed by atoms with E-state index in [4.69, 9.17) is 11.6 Å². The molecule has 2 aromatic rings. The molecule has 0 aliphatic heterocycles. The van der Waals surface area contributed by atoms with Gasteiger partial charge in [-0.1, -0.05) is 35.9 Å². The lowest BCUT2D eigenvalue weighted by Gasteiger charge is -2.13. The molecule has 2 rings (SSSR count). The summed E-state index contributed by atoms with van der Waals surface area (Å²) in [5, 5.41) is 3.78. The molecule has 0 aliphatic rings. The maximum Gasteiger partial charge on any atom is 0.398 e. The Labute approximate surface area is 130 Å². The van der Waals surface area contributed by atoms with Gasteiger partial charge in [-0.3, -0.25) is 0 Å². The monoisotopic (exact) mass is 331 g/mol. The molecule has 0 heterocycles. The zero-order valence-electron chi connectivity index (χ0n) is 11.0. The summed E-state index contributed by atoms with van der Waals surface area (Å²) >= 11 is 6.68. The average molecular weight is 332 g/mol. The van der Waals surface area contributed by atoms with E-state index in [1.165, 1.54) is 0 Å². The summed E-state index contributed by atoms with van der Waals surface area (Å²) in [5.41, 5.74) is 1.66. The van der Waals surface area contributed by atoms with Gasteiger partial charge in [-0.2, -0.15) is 13.2 Å². The van der Waals surface area contributed by atoms with E-state index in [0.29, 0.717) is 22.2 Å². The normalized spacial score (nSPS) is 11.4. The second-order valence-corrected chi connectivity index (χ2v) is 5.84. The maximum absolute atomic E-state index is 12.3. The van der Waals surface area contributed by atoms with Crippen molar-refractivity contribution in [2.45, 2.75) is 17.6 Å². The van der Waals surface area contributed by atoms with Crippen molar-refractivity contribution in [3.05, 3.63) is 59.1 Å². The fraction of sp³-hybridized carbons (Fsp3) is 0.200. The Kier molecular flexibility index (Phi) is 5.42. The number of thioether (sulfide) groups is 1. The smallest absolute Gasteiger partial charge is 0.380 e. The molecule has 0 aromatic heterocycles. The first kappa shape index (κ1) is 16.0. The fourth-order valence-corrected chi connectivity index (χ4v) is 2.74. The first-order valence-electron chi connectivity index (χ1n) is 6.21. The summed E-state index contributed by atoms with van der Waals surface area (Å²) in [5.74, 6) is -0.900. The summed E-state index contributed by atoms with van der Waals surface area (Å²) in [4.78, 5) is 0.580. The molecule has 0 saturated heterocycles. The molecule has 0 bridgehead atoms. The van der Waals surface area contributed by atoms with Gasteiger partial charge < -0.3 is 5.32 Å². The van der Waals surface area contributed by atoms with Crippen LogP contribution in [0.15, 0.2) is 53.4 Å². The van der Waals surface area contributed by atoms with Gasteiger partial charge in [0.05, 0.1) is 5.75 Å². The van der Waals surface area contributed by atoms with Gasteiger partial charge in [0, 0.05) is 22.2 Å². The third-order valence-corrected chi connectivity index (χ3v) is 4.02. The number of benzene rings is 2. The zero-order valence-corrected chi connectivity index (χ0v) is 12.5. The molecule has 2 aromatic carbocycles. The molecule has 0 spiro atoms. The second kappa shape index (κ2) is 7.09. The number of para-hydroxylation sites is 1. The SMILES string of the molecule is FC(F)(F)CSc1ccccc1NCc1cccc(Cl)c1. The Balaban J connectivity index is 2.03.